The Morgan fingerprint density at radius 2 is 1.00 bits per heavy atom. The smallest absolute Gasteiger partial charge is 0.259 e. The van der Waals surface area contributed by atoms with Crippen molar-refractivity contribution >= 4 is 23.2 Å². The van der Waals surface area contributed by atoms with E-state index in [0.29, 0.717) is 22.8 Å². The number of aliphatic hydroxyl groups excluding tert-OH is 1. The minimum atomic E-state index is -2.29. The van der Waals surface area contributed by atoms with Crippen molar-refractivity contribution in [2.24, 2.45) is 0 Å². The second kappa shape index (κ2) is 13.4. The lowest BCUT2D eigenvalue weighted by molar-refractivity contribution is 0.0589. The van der Waals surface area contributed by atoms with Gasteiger partial charge >= 0.3 is 0 Å². The van der Waals surface area contributed by atoms with Gasteiger partial charge < -0.3 is 33.5 Å². The van der Waals surface area contributed by atoms with Gasteiger partial charge in [0.1, 0.15) is 0 Å². The fourth-order valence-corrected chi connectivity index (χ4v) is 5.96. The zero-order chi connectivity index (χ0) is 33.9. The van der Waals surface area contributed by atoms with Crippen LogP contribution in [-0.2, 0) is 0 Å². The van der Waals surface area contributed by atoms with Gasteiger partial charge in [-0.05, 0) is 60.7 Å². The van der Waals surface area contributed by atoms with Gasteiger partial charge in [-0.2, -0.15) is 0 Å². The van der Waals surface area contributed by atoms with Crippen molar-refractivity contribution < 1.29 is 47.9 Å². The van der Waals surface area contributed by atoms with Crippen LogP contribution in [0.5, 0.6) is 34.5 Å². The van der Waals surface area contributed by atoms with E-state index in [4.69, 9.17) is 28.4 Å². The first-order valence-corrected chi connectivity index (χ1v) is 14.6. The molecule has 4 aromatic rings. The number of benzene rings is 4. The van der Waals surface area contributed by atoms with Crippen molar-refractivity contribution in [3.05, 3.63) is 101 Å². The summed E-state index contributed by atoms with van der Waals surface area (Å²) in [5.74, 6) is -0.343. The van der Waals surface area contributed by atoms with E-state index in [0.717, 1.165) is 0 Å². The molecule has 47 heavy (non-hydrogen) atoms. The van der Waals surface area contributed by atoms with Crippen molar-refractivity contribution in [2.75, 3.05) is 47.6 Å². The monoisotopic (exact) mass is 641 g/mol. The second-order valence-corrected chi connectivity index (χ2v) is 10.6. The number of ketones is 2. The minimum absolute atomic E-state index is 0.0492. The van der Waals surface area contributed by atoms with Crippen LogP contribution >= 0.6 is 0 Å². The Labute approximate surface area is 272 Å². The molecule has 0 bridgehead atoms. The van der Waals surface area contributed by atoms with Gasteiger partial charge in [0, 0.05) is 28.7 Å². The number of amides is 1. The van der Waals surface area contributed by atoms with Crippen LogP contribution in [0.4, 0.5) is 5.69 Å². The topological polar surface area (TPSA) is 130 Å². The molecule has 0 radical (unpaired) electrons. The van der Waals surface area contributed by atoms with Crippen LogP contribution in [0.3, 0.4) is 0 Å². The summed E-state index contributed by atoms with van der Waals surface area (Å²) >= 11 is 0. The number of carbonyl (C=O) groups is 3. The summed E-state index contributed by atoms with van der Waals surface area (Å²) in [5.41, 5.74) is -1.53. The Morgan fingerprint density at radius 1 is 0.596 bits per heavy atom. The highest BCUT2D eigenvalue weighted by molar-refractivity contribution is 6.31. The van der Waals surface area contributed by atoms with Crippen LogP contribution in [0.2, 0.25) is 0 Å². The van der Waals surface area contributed by atoms with Gasteiger partial charge in [-0.15, -0.1) is 0 Å². The Bertz CT molecular complexity index is 1770. The molecule has 0 spiro atoms. The number of hydrogen-bond donors (Lipinski definition) is 1. The maximum absolute atomic E-state index is 15.1. The van der Waals surface area contributed by atoms with Gasteiger partial charge in [-0.1, -0.05) is 18.2 Å². The van der Waals surface area contributed by atoms with Gasteiger partial charge in [0.25, 0.3) is 5.91 Å². The molecule has 0 saturated heterocycles. The van der Waals surface area contributed by atoms with Crippen LogP contribution in [0.1, 0.15) is 49.2 Å². The molecule has 1 unspecified atom stereocenters. The van der Waals surface area contributed by atoms with Crippen molar-refractivity contribution in [2.45, 2.75) is 18.1 Å². The predicted molar refractivity (Wildman–Crippen MR) is 173 cm³/mol. The molecule has 244 valence electrons. The second-order valence-electron chi connectivity index (χ2n) is 10.6. The molecule has 11 heteroatoms. The normalized spacial score (nSPS) is 14.8. The van der Waals surface area contributed by atoms with Gasteiger partial charge in [0.05, 0.1) is 54.5 Å². The molecule has 4 aromatic carbocycles. The lowest BCUT2D eigenvalue weighted by atomic mass is 9.72. The van der Waals surface area contributed by atoms with Crippen molar-refractivity contribution in [3.63, 3.8) is 0 Å². The third-order valence-corrected chi connectivity index (χ3v) is 8.28. The zero-order valence-electron chi connectivity index (χ0n) is 26.9. The first-order valence-electron chi connectivity index (χ1n) is 14.6. The molecule has 1 aliphatic heterocycles. The molecule has 5 rings (SSSR count). The molecule has 0 aromatic heterocycles. The largest absolute Gasteiger partial charge is 0.493 e. The highest BCUT2D eigenvalue weighted by Crippen LogP contribution is 2.47. The number of rotatable bonds is 11. The third-order valence-electron chi connectivity index (χ3n) is 8.28. The zero-order valence-corrected chi connectivity index (χ0v) is 26.9. The van der Waals surface area contributed by atoms with E-state index in [1.807, 2.05) is 0 Å². The average molecular weight is 642 g/mol. The molecule has 0 saturated carbocycles. The van der Waals surface area contributed by atoms with E-state index in [9.17, 15) is 9.90 Å². The predicted octanol–water partition coefficient (Wildman–Crippen LogP) is 5.33. The third kappa shape index (κ3) is 5.59. The molecular formula is C36H35NO10. The number of carbonyl (C=O) groups excluding carboxylic acids is 3. The number of para-hydroxylation sites is 1. The Morgan fingerprint density at radius 3 is 1.45 bits per heavy atom. The van der Waals surface area contributed by atoms with E-state index in [1.165, 1.54) is 96.1 Å². The molecule has 1 atom stereocenters. The number of methoxy groups -OCH3 is 6. The van der Waals surface area contributed by atoms with Crippen LogP contribution in [0.15, 0.2) is 78.9 Å². The average Bonchev–Trinajstić information content (AvgIpc) is 3.12. The Hall–Kier alpha value is -5.55. The molecule has 1 N–H and O–H groups in total. The molecular weight excluding hydrogens is 606 g/mol. The number of aliphatic hydroxyl groups is 1. The summed E-state index contributed by atoms with van der Waals surface area (Å²) in [6, 6.07) is 20.1. The summed E-state index contributed by atoms with van der Waals surface area (Å²) in [6.07, 6.45) is -1.75. The lowest BCUT2D eigenvalue weighted by Crippen LogP contribution is -2.65. The first kappa shape index (κ1) is 32.8. The highest BCUT2D eigenvalue weighted by Gasteiger charge is 2.58. The molecule has 0 aliphatic carbocycles. The lowest BCUT2D eigenvalue weighted by Gasteiger charge is -2.47. The summed E-state index contributed by atoms with van der Waals surface area (Å²) in [7, 11) is 8.66. The molecule has 1 heterocycles. The van der Waals surface area contributed by atoms with E-state index < -0.39 is 35.5 Å². The number of nitrogens with zero attached hydrogens (tertiary/aromatic N) is 1. The van der Waals surface area contributed by atoms with Crippen LogP contribution in [-0.4, -0.2) is 70.8 Å². The Balaban J connectivity index is 1.83. The van der Waals surface area contributed by atoms with E-state index in [1.54, 1.807) is 30.3 Å². The maximum atomic E-state index is 15.1. The van der Waals surface area contributed by atoms with Gasteiger partial charge in [0.15, 0.2) is 51.6 Å². The molecule has 11 nitrogen and oxygen atoms in total. The van der Waals surface area contributed by atoms with Crippen LogP contribution in [0, 0.1) is 0 Å². The van der Waals surface area contributed by atoms with Crippen molar-refractivity contribution in [3.8, 4) is 34.5 Å². The molecule has 1 aliphatic rings. The van der Waals surface area contributed by atoms with Crippen molar-refractivity contribution in [1.29, 1.82) is 0 Å². The summed E-state index contributed by atoms with van der Waals surface area (Å²) in [5, 5.41) is 11.6. The fraction of sp³-hybridized carbons (Fsp3) is 0.250. The highest BCUT2D eigenvalue weighted by atomic mass is 16.5. The number of hydrogen-bond acceptors (Lipinski definition) is 10. The van der Waals surface area contributed by atoms with Crippen LogP contribution in [0.25, 0.3) is 0 Å². The van der Waals surface area contributed by atoms with E-state index >= 15 is 9.59 Å². The fourth-order valence-electron chi connectivity index (χ4n) is 5.96. The summed E-state index contributed by atoms with van der Waals surface area (Å²) in [4.78, 5) is 46.2. The minimum Gasteiger partial charge on any atom is -0.493 e. The van der Waals surface area contributed by atoms with E-state index in [-0.39, 0.29) is 39.6 Å². The SMILES string of the molecule is COc1ccc(C(=O)N2c3ccccc3C(O)CC2(C(=O)c2ccc(OC)c(OC)c2)C(=O)c2ccc(OC)c(OC)c2)cc1OC. The molecule has 1 amide bonds. The van der Waals surface area contributed by atoms with Crippen molar-refractivity contribution in [1.82, 2.24) is 0 Å². The quantitative estimate of drug-likeness (QED) is 0.170. The number of Topliss-reactive ketones (excluding diaryl/α,β-unsaturated/α-hetero) is 2. The molecule has 0 fully saturated rings. The number of fused-ring (bicyclic) bond motifs is 1. The first-order chi connectivity index (χ1) is 22.7. The maximum Gasteiger partial charge on any atom is 0.259 e. The van der Waals surface area contributed by atoms with Gasteiger partial charge in [0.2, 0.25) is 0 Å². The standard InChI is InChI=1S/C36H35NO10/c1-42-27-14-11-21(17-30(27)45-4)33(39)36(34(40)22-12-15-28(43-2)31(18-22)46-5)20-26(38)24-9-7-8-10-25(24)37(36)35(41)23-13-16-29(44-3)32(19-23)47-6/h7-19,26,38H,20H2,1-6H3. The Kier molecular flexibility index (Phi) is 9.39. The van der Waals surface area contributed by atoms with Crippen LogP contribution < -0.4 is 33.3 Å². The number of anilines is 1. The van der Waals surface area contributed by atoms with Gasteiger partial charge in [-0.25, -0.2) is 0 Å². The van der Waals surface area contributed by atoms with E-state index in [2.05, 4.69) is 0 Å². The van der Waals surface area contributed by atoms with Gasteiger partial charge in [-0.3, -0.25) is 19.3 Å². The summed E-state index contributed by atoms with van der Waals surface area (Å²) in [6.45, 7) is 0. The summed E-state index contributed by atoms with van der Waals surface area (Å²) < 4.78 is 32.5. The number of ether oxygens (including phenoxy) is 6.